The van der Waals surface area contributed by atoms with Gasteiger partial charge in [-0.1, -0.05) is 29.3 Å². The van der Waals surface area contributed by atoms with Gasteiger partial charge >= 0.3 is 0 Å². The first-order valence-corrected chi connectivity index (χ1v) is 6.04. The van der Waals surface area contributed by atoms with Crippen LogP contribution in [0.25, 0.3) is 0 Å². The van der Waals surface area contributed by atoms with E-state index >= 15 is 0 Å². The number of ketones is 1. The molecule has 0 aliphatic heterocycles. The van der Waals surface area contributed by atoms with Crippen molar-refractivity contribution < 1.29 is 9.59 Å². The second-order valence-electron chi connectivity index (χ2n) is 4.51. The van der Waals surface area contributed by atoms with Gasteiger partial charge in [0, 0.05) is 11.1 Å². The van der Waals surface area contributed by atoms with Crippen LogP contribution >= 0.6 is 0 Å². The molecule has 0 atom stereocenters. The van der Waals surface area contributed by atoms with E-state index in [1.54, 1.807) is 24.3 Å². The van der Waals surface area contributed by atoms with Crippen LogP contribution in [0, 0.1) is 13.8 Å². The third-order valence-corrected chi connectivity index (χ3v) is 2.87. The summed E-state index contributed by atoms with van der Waals surface area (Å²) in [6, 6.07) is 12.7. The monoisotopic (exact) mass is 253 g/mol. The Hall–Kier alpha value is -2.42. The van der Waals surface area contributed by atoms with Gasteiger partial charge in [0.1, 0.15) is 0 Å². The summed E-state index contributed by atoms with van der Waals surface area (Å²) >= 11 is 0. The maximum Gasteiger partial charge on any atom is 0.211 e. The highest BCUT2D eigenvalue weighted by Gasteiger charge is 2.13. The molecule has 1 N–H and O–H groups in total. The molecule has 0 fully saturated rings. The molecule has 0 aromatic heterocycles. The lowest BCUT2D eigenvalue weighted by atomic mass is 9.98. The van der Waals surface area contributed by atoms with Crippen molar-refractivity contribution in [1.82, 2.24) is 0 Å². The summed E-state index contributed by atoms with van der Waals surface area (Å²) in [6.07, 6.45) is 0.577. The smallest absolute Gasteiger partial charge is 0.211 e. The van der Waals surface area contributed by atoms with E-state index < -0.39 is 0 Å². The van der Waals surface area contributed by atoms with Crippen LogP contribution in [0.3, 0.4) is 0 Å². The summed E-state index contributed by atoms with van der Waals surface area (Å²) in [5, 5.41) is 2.55. The number of carbonyl (C=O) groups is 2. The molecule has 0 heterocycles. The lowest BCUT2D eigenvalue weighted by Gasteiger charge is -2.08. The van der Waals surface area contributed by atoms with Crippen LogP contribution < -0.4 is 5.32 Å². The minimum Gasteiger partial charge on any atom is -0.328 e. The minimum atomic E-state index is -0.0863. The number of hydrogen-bond donors (Lipinski definition) is 1. The number of amides is 1. The molecule has 3 nitrogen and oxygen atoms in total. The van der Waals surface area contributed by atoms with Crippen molar-refractivity contribution in [2.75, 3.05) is 5.32 Å². The van der Waals surface area contributed by atoms with Gasteiger partial charge in [-0.2, -0.15) is 0 Å². The molecule has 2 rings (SSSR count). The Morgan fingerprint density at radius 1 is 1.05 bits per heavy atom. The normalized spacial score (nSPS) is 10.0. The van der Waals surface area contributed by atoms with Gasteiger partial charge in [-0.3, -0.25) is 9.59 Å². The molecule has 2 aromatic rings. The molecule has 1 amide bonds. The Labute approximate surface area is 112 Å². The number of nitrogens with one attached hydrogen (secondary N) is 1. The van der Waals surface area contributed by atoms with Crippen LogP contribution in [-0.2, 0) is 4.79 Å². The van der Waals surface area contributed by atoms with Crippen molar-refractivity contribution in [2.45, 2.75) is 13.8 Å². The molecule has 96 valence electrons. The maximum atomic E-state index is 12.5. The molecule has 0 spiro atoms. The predicted octanol–water partition coefficient (Wildman–Crippen LogP) is 3.10. The number of benzene rings is 2. The van der Waals surface area contributed by atoms with E-state index in [4.69, 9.17) is 0 Å². The van der Waals surface area contributed by atoms with Crippen LogP contribution in [-0.4, -0.2) is 12.2 Å². The van der Waals surface area contributed by atoms with Gasteiger partial charge < -0.3 is 5.32 Å². The number of hydrogen-bond acceptors (Lipinski definition) is 2. The average Bonchev–Trinajstić information content (AvgIpc) is 2.38. The molecule has 2 aromatic carbocycles. The van der Waals surface area contributed by atoms with Gasteiger partial charge in [0.2, 0.25) is 6.41 Å². The van der Waals surface area contributed by atoms with Crippen molar-refractivity contribution in [3.8, 4) is 0 Å². The molecule has 0 radical (unpaired) electrons. The van der Waals surface area contributed by atoms with Crippen LogP contribution in [0.5, 0.6) is 0 Å². The number of aryl methyl sites for hydroxylation is 2. The van der Waals surface area contributed by atoms with Crippen LogP contribution in [0.4, 0.5) is 5.69 Å². The van der Waals surface area contributed by atoms with E-state index in [0.29, 0.717) is 23.2 Å². The molecule has 0 aliphatic carbocycles. The molecule has 0 saturated carbocycles. The van der Waals surface area contributed by atoms with Gasteiger partial charge in [-0.25, -0.2) is 0 Å². The maximum absolute atomic E-state index is 12.5. The van der Waals surface area contributed by atoms with E-state index in [-0.39, 0.29) is 5.78 Å². The Morgan fingerprint density at radius 3 is 2.32 bits per heavy atom. The molecular formula is C16H15NO2. The summed E-state index contributed by atoms with van der Waals surface area (Å²) in [7, 11) is 0. The van der Waals surface area contributed by atoms with E-state index in [1.165, 1.54) is 0 Å². The number of para-hydroxylation sites is 1. The highest BCUT2D eigenvalue weighted by Crippen LogP contribution is 2.20. The fraction of sp³-hybridized carbons (Fsp3) is 0.125. The molecule has 0 saturated heterocycles. The lowest BCUT2D eigenvalue weighted by Crippen LogP contribution is -2.07. The Kier molecular flexibility index (Phi) is 3.76. The molecule has 0 aliphatic rings. The third kappa shape index (κ3) is 2.88. The molecule has 19 heavy (non-hydrogen) atoms. The van der Waals surface area contributed by atoms with Crippen LogP contribution in [0.2, 0.25) is 0 Å². The second kappa shape index (κ2) is 5.48. The Balaban J connectivity index is 2.46. The van der Waals surface area contributed by atoms with Crippen molar-refractivity contribution in [1.29, 1.82) is 0 Å². The summed E-state index contributed by atoms with van der Waals surface area (Å²) in [5.74, 6) is -0.0863. The highest BCUT2D eigenvalue weighted by atomic mass is 16.1. The zero-order chi connectivity index (χ0) is 13.8. The minimum absolute atomic E-state index is 0.0863. The first kappa shape index (κ1) is 13.0. The van der Waals surface area contributed by atoms with Crippen molar-refractivity contribution in [2.24, 2.45) is 0 Å². The zero-order valence-corrected chi connectivity index (χ0v) is 10.9. The van der Waals surface area contributed by atoms with E-state index in [0.717, 1.165) is 11.1 Å². The van der Waals surface area contributed by atoms with Gasteiger partial charge in [-0.05, 0) is 38.1 Å². The van der Waals surface area contributed by atoms with Crippen molar-refractivity contribution >= 4 is 17.9 Å². The lowest BCUT2D eigenvalue weighted by molar-refractivity contribution is -0.105. The van der Waals surface area contributed by atoms with Crippen LogP contribution in [0.1, 0.15) is 27.0 Å². The number of anilines is 1. The van der Waals surface area contributed by atoms with Crippen molar-refractivity contribution in [3.63, 3.8) is 0 Å². The Bertz CT molecular complexity index is 612. The summed E-state index contributed by atoms with van der Waals surface area (Å²) in [4.78, 5) is 23.1. The summed E-state index contributed by atoms with van der Waals surface area (Å²) in [5.41, 5.74) is 3.76. The highest BCUT2D eigenvalue weighted by molar-refractivity contribution is 6.13. The molecule has 0 bridgehead atoms. The average molecular weight is 253 g/mol. The van der Waals surface area contributed by atoms with Gasteiger partial charge in [0.25, 0.3) is 0 Å². The Morgan fingerprint density at radius 2 is 1.68 bits per heavy atom. The molecular weight excluding hydrogens is 238 g/mol. The first-order valence-electron chi connectivity index (χ1n) is 6.04. The molecule has 3 heteroatoms. The summed E-state index contributed by atoms with van der Waals surface area (Å²) < 4.78 is 0. The van der Waals surface area contributed by atoms with Crippen molar-refractivity contribution in [3.05, 3.63) is 64.7 Å². The SMILES string of the molecule is Cc1cc(C)cc(C(=O)c2ccccc2NC=O)c1. The second-order valence-corrected chi connectivity index (χ2v) is 4.51. The topological polar surface area (TPSA) is 46.2 Å². The number of rotatable bonds is 4. The third-order valence-electron chi connectivity index (χ3n) is 2.87. The first-order chi connectivity index (χ1) is 9.11. The van der Waals surface area contributed by atoms with E-state index in [2.05, 4.69) is 5.32 Å². The molecule has 0 unspecified atom stereocenters. The van der Waals surface area contributed by atoms with Gasteiger partial charge in [0.05, 0.1) is 5.69 Å². The van der Waals surface area contributed by atoms with Gasteiger partial charge in [0.15, 0.2) is 5.78 Å². The fourth-order valence-electron chi connectivity index (χ4n) is 2.13. The summed E-state index contributed by atoms with van der Waals surface area (Å²) in [6.45, 7) is 3.92. The van der Waals surface area contributed by atoms with Crippen LogP contribution in [0.15, 0.2) is 42.5 Å². The largest absolute Gasteiger partial charge is 0.328 e. The zero-order valence-electron chi connectivity index (χ0n) is 10.9. The van der Waals surface area contributed by atoms with Gasteiger partial charge in [-0.15, -0.1) is 0 Å². The quantitative estimate of drug-likeness (QED) is 0.672. The van der Waals surface area contributed by atoms with E-state index in [1.807, 2.05) is 32.0 Å². The predicted molar refractivity (Wildman–Crippen MR) is 75.5 cm³/mol. The van der Waals surface area contributed by atoms with E-state index in [9.17, 15) is 9.59 Å². The standard InChI is InChI=1S/C16H15NO2/c1-11-7-12(2)9-13(8-11)16(19)14-5-3-4-6-15(14)17-10-18/h3-10H,1-2H3,(H,17,18). The fourth-order valence-corrected chi connectivity index (χ4v) is 2.13. The number of carbonyl (C=O) groups excluding carboxylic acids is 2.